The van der Waals surface area contributed by atoms with Gasteiger partial charge < -0.3 is 18.9 Å². The van der Waals surface area contributed by atoms with E-state index in [2.05, 4.69) is 4.99 Å². The van der Waals surface area contributed by atoms with Gasteiger partial charge in [-0.2, -0.15) is 0 Å². The lowest BCUT2D eigenvalue weighted by Crippen LogP contribution is -2.39. The van der Waals surface area contributed by atoms with Crippen molar-refractivity contribution < 1.29 is 28.5 Å². The minimum Gasteiger partial charge on any atom is -0.490 e. The summed E-state index contributed by atoms with van der Waals surface area (Å²) in [5.74, 6) is 0.516. The molecule has 0 saturated heterocycles. The molecule has 3 aromatic rings. The normalized spacial score (nSPS) is 15.0. The summed E-state index contributed by atoms with van der Waals surface area (Å²) in [4.78, 5) is 42.9. The number of thiazole rings is 1. The molecular formula is C28H28N2O7S. The molecule has 9 nitrogen and oxygen atoms in total. The Bertz CT molecular complexity index is 1580. The molecule has 38 heavy (non-hydrogen) atoms. The molecule has 1 aliphatic rings. The Kier molecular flexibility index (Phi) is 8.11. The lowest BCUT2D eigenvalue weighted by atomic mass is 9.95. The fraction of sp³-hybridized carbons (Fsp3) is 0.286. The van der Waals surface area contributed by atoms with Crippen LogP contribution in [0.2, 0.25) is 0 Å². The lowest BCUT2D eigenvalue weighted by molar-refractivity contribution is -0.136. The zero-order valence-electron chi connectivity index (χ0n) is 21.8. The van der Waals surface area contributed by atoms with Gasteiger partial charge in [-0.05, 0) is 62.2 Å². The van der Waals surface area contributed by atoms with Crippen LogP contribution in [0.4, 0.5) is 0 Å². The summed E-state index contributed by atoms with van der Waals surface area (Å²) in [5, 5.41) is 0. The zero-order chi connectivity index (χ0) is 27.4. The molecule has 0 N–H and O–H groups in total. The van der Waals surface area contributed by atoms with Crippen LogP contribution >= 0.6 is 11.3 Å². The summed E-state index contributed by atoms with van der Waals surface area (Å²) in [6, 6.07) is 11.4. The second-order valence-corrected chi connectivity index (χ2v) is 9.32. The summed E-state index contributed by atoms with van der Waals surface area (Å²) in [6.45, 7) is 7.69. The highest BCUT2D eigenvalue weighted by Gasteiger charge is 2.33. The van der Waals surface area contributed by atoms with Gasteiger partial charge in [-0.25, -0.2) is 9.79 Å². The highest BCUT2D eigenvalue weighted by Crippen LogP contribution is 2.36. The molecule has 0 spiro atoms. The van der Waals surface area contributed by atoms with E-state index in [1.807, 2.05) is 19.9 Å². The van der Waals surface area contributed by atoms with Gasteiger partial charge in [-0.15, -0.1) is 0 Å². The van der Waals surface area contributed by atoms with Crippen LogP contribution in [0.5, 0.6) is 17.2 Å². The largest absolute Gasteiger partial charge is 0.490 e. The van der Waals surface area contributed by atoms with E-state index in [0.717, 1.165) is 5.56 Å². The maximum absolute atomic E-state index is 13.7. The van der Waals surface area contributed by atoms with Gasteiger partial charge in [-0.1, -0.05) is 29.5 Å². The van der Waals surface area contributed by atoms with Gasteiger partial charge in [-0.3, -0.25) is 14.2 Å². The third kappa shape index (κ3) is 5.40. The molecule has 0 unspecified atom stereocenters. The molecule has 1 aromatic heterocycles. The Balaban J connectivity index is 1.88. The van der Waals surface area contributed by atoms with Gasteiger partial charge >= 0.3 is 11.9 Å². The van der Waals surface area contributed by atoms with E-state index in [0.29, 0.717) is 51.1 Å². The fourth-order valence-corrected chi connectivity index (χ4v) is 5.24. The monoisotopic (exact) mass is 536 g/mol. The molecular weight excluding hydrogens is 508 g/mol. The number of hydrogen-bond donors (Lipinski definition) is 0. The van der Waals surface area contributed by atoms with Crippen molar-refractivity contribution in [2.45, 2.75) is 33.7 Å². The standard InChI is InChI=1S/C28H28N2O7S/c1-6-35-21-13-10-19(15-22(21)36-7-2)25-24(27(33)34-5)16(3)29-28-30(25)26(32)23(38-28)14-18-8-11-20(12-9-18)37-17(4)31/h8-15,25H,6-7H2,1-5H3/b23-14-/t25-/m0/s1. The SMILES string of the molecule is CCOc1ccc([C@H]2C(C(=O)OC)=C(C)N=c3s/c(=C\c4ccc(OC(C)=O)cc4)c(=O)n32)cc1OCC. The Morgan fingerprint density at radius 1 is 1.05 bits per heavy atom. The Labute approximate surface area is 223 Å². The van der Waals surface area contributed by atoms with E-state index in [9.17, 15) is 14.4 Å². The van der Waals surface area contributed by atoms with Gasteiger partial charge in [0.2, 0.25) is 0 Å². The smallest absolute Gasteiger partial charge is 0.338 e. The second-order valence-electron chi connectivity index (χ2n) is 8.31. The molecule has 0 aliphatic carbocycles. The zero-order valence-corrected chi connectivity index (χ0v) is 22.6. The topological polar surface area (TPSA) is 105 Å². The van der Waals surface area contributed by atoms with Crippen molar-refractivity contribution in [3.05, 3.63) is 84.5 Å². The summed E-state index contributed by atoms with van der Waals surface area (Å²) < 4.78 is 23.6. The molecule has 1 atom stereocenters. The van der Waals surface area contributed by atoms with Crippen molar-refractivity contribution >= 4 is 29.4 Å². The van der Waals surface area contributed by atoms with Gasteiger partial charge in [0.25, 0.3) is 5.56 Å². The molecule has 2 heterocycles. The number of nitrogens with zero attached hydrogens (tertiary/aromatic N) is 2. The Morgan fingerprint density at radius 3 is 2.37 bits per heavy atom. The summed E-state index contributed by atoms with van der Waals surface area (Å²) in [5.41, 5.74) is 1.83. The molecule has 0 saturated carbocycles. The maximum Gasteiger partial charge on any atom is 0.338 e. The average molecular weight is 537 g/mol. The first-order valence-electron chi connectivity index (χ1n) is 12.1. The minimum atomic E-state index is -0.776. The summed E-state index contributed by atoms with van der Waals surface area (Å²) >= 11 is 1.22. The van der Waals surface area contributed by atoms with Crippen LogP contribution in [-0.4, -0.2) is 36.8 Å². The van der Waals surface area contributed by atoms with Crippen LogP contribution in [0.25, 0.3) is 6.08 Å². The average Bonchev–Trinajstić information content (AvgIpc) is 3.19. The van der Waals surface area contributed by atoms with E-state index in [4.69, 9.17) is 18.9 Å². The van der Waals surface area contributed by atoms with Crippen molar-refractivity contribution in [3.63, 3.8) is 0 Å². The van der Waals surface area contributed by atoms with E-state index >= 15 is 0 Å². The number of fused-ring (bicyclic) bond motifs is 1. The van der Waals surface area contributed by atoms with Gasteiger partial charge in [0.1, 0.15) is 5.75 Å². The predicted octanol–water partition coefficient (Wildman–Crippen LogP) is 3.13. The quantitative estimate of drug-likeness (QED) is 0.322. The second kappa shape index (κ2) is 11.5. The number of aromatic nitrogens is 1. The minimum absolute atomic E-state index is 0.267. The number of hydrogen-bond acceptors (Lipinski definition) is 9. The van der Waals surface area contributed by atoms with Gasteiger partial charge in [0.15, 0.2) is 16.3 Å². The number of esters is 2. The van der Waals surface area contributed by atoms with Crippen LogP contribution in [0.3, 0.4) is 0 Å². The van der Waals surface area contributed by atoms with Crippen molar-refractivity contribution in [2.75, 3.05) is 20.3 Å². The maximum atomic E-state index is 13.7. The van der Waals surface area contributed by atoms with E-state index in [1.54, 1.807) is 49.4 Å². The van der Waals surface area contributed by atoms with Gasteiger partial charge in [0.05, 0.1) is 42.2 Å². The number of benzene rings is 2. The molecule has 2 aromatic carbocycles. The first-order valence-corrected chi connectivity index (χ1v) is 12.9. The van der Waals surface area contributed by atoms with Gasteiger partial charge in [0, 0.05) is 6.92 Å². The highest BCUT2D eigenvalue weighted by molar-refractivity contribution is 7.07. The Hall–Kier alpha value is -4.18. The summed E-state index contributed by atoms with van der Waals surface area (Å²) in [6.07, 6.45) is 1.74. The third-order valence-corrected chi connectivity index (χ3v) is 6.73. The van der Waals surface area contributed by atoms with Crippen LogP contribution in [0, 0.1) is 0 Å². The van der Waals surface area contributed by atoms with Crippen LogP contribution in [0.1, 0.15) is 44.9 Å². The van der Waals surface area contributed by atoms with Crippen LogP contribution in [-0.2, 0) is 14.3 Å². The van der Waals surface area contributed by atoms with Crippen molar-refractivity contribution in [1.29, 1.82) is 0 Å². The molecule has 0 fully saturated rings. The van der Waals surface area contributed by atoms with Crippen LogP contribution in [0.15, 0.2) is 63.5 Å². The van der Waals surface area contributed by atoms with E-state index in [1.165, 1.54) is 29.9 Å². The van der Waals surface area contributed by atoms with Crippen molar-refractivity contribution in [3.8, 4) is 17.2 Å². The molecule has 0 bridgehead atoms. The molecule has 4 rings (SSSR count). The molecule has 1 aliphatic heterocycles. The number of allylic oxidation sites excluding steroid dienone is 1. The van der Waals surface area contributed by atoms with Crippen molar-refractivity contribution in [1.82, 2.24) is 4.57 Å². The van der Waals surface area contributed by atoms with E-state index in [-0.39, 0.29) is 11.1 Å². The fourth-order valence-electron chi connectivity index (χ4n) is 4.20. The lowest BCUT2D eigenvalue weighted by Gasteiger charge is -2.25. The number of methoxy groups -OCH3 is 1. The molecule has 198 valence electrons. The van der Waals surface area contributed by atoms with E-state index < -0.39 is 18.0 Å². The number of carbonyl (C=O) groups is 2. The predicted molar refractivity (Wildman–Crippen MR) is 142 cm³/mol. The molecule has 0 amide bonds. The van der Waals surface area contributed by atoms with Crippen LogP contribution < -0.4 is 29.1 Å². The number of carbonyl (C=O) groups excluding carboxylic acids is 2. The highest BCUT2D eigenvalue weighted by atomic mass is 32.1. The summed E-state index contributed by atoms with van der Waals surface area (Å²) in [7, 11) is 1.30. The number of ether oxygens (including phenoxy) is 4. The first kappa shape index (κ1) is 26.9. The molecule has 10 heteroatoms. The third-order valence-electron chi connectivity index (χ3n) is 5.75. The first-order chi connectivity index (χ1) is 18.3. The number of rotatable bonds is 8. The Morgan fingerprint density at radius 2 is 1.74 bits per heavy atom. The van der Waals surface area contributed by atoms with Crippen molar-refractivity contribution in [2.24, 2.45) is 4.99 Å². The molecule has 0 radical (unpaired) electrons.